The van der Waals surface area contributed by atoms with Crippen LogP contribution in [0, 0.1) is 18.3 Å². The van der Waals surface area contributed by atoms with E-state index in [1.165, 1.54) is 11.1 Å². The van der Waals surface area contributed by atoms with E-state index in [-0.39, 0.29) is 5.78 Å². The van der Waals surface area contributed by atoms with Crippen LogP contribution in [0.2, 0.25) is 5.02 Å². The molecule has 156 valence electrons. The highest BCUT2D eigenvalue weighted by Gasteiger charge is 2.45. The molecular weight excluding hydrogens is 408 g/mol. The second-order valence-electron chi connectivity index (χ2n) is 7.97. The first-order valence-electron chi connectivity index (χ1n) is 10.2. The van der Waals surface area contributed by atoms with Crippen LogP contribution < -0.4 is 5.32 Å². The van der Waals surface area contributed by atoms with E-state index < -0.39 is 5.54 Å². The van der Waals surface area contributed by atoms with Gasteiger partial charge >= 0.3 is 0 Å². The molecular formula is C25H23ClN4O. The van der Waals surface area contributed by atoms with Crippen LogP contribution in [0.15, 0.2) is 67.0 Å². The first-order valence-corrected chi connectivity index (χ1v) is 10.6. The fourth-order valence-corrected chi connectivity index (χ4v) is 4.36. The highest BCUT2D eigenvalue weighted by molar-refractivity contribution is 6.32. The Balaban J connectivity index is 1.64. The number of benzene rings is 2. The van der Waals surface area contributed by atoms with Gasteiger partial charge in [-0.25, -0.2) is 0 Å². The summed E-state index contributed by atoms with van der Waals surface area (Å²) in [5, 5.41) is 13.0. The molecule has 2 heterocycles. The Bertz CT molecular complexity index is 1140. The molecule has 6 heteroatoms. The number of carbonyl (C=O) groups is 1. The summed E-state index contributed by atoms with van der Waals surface area (Å²) < 4.78 is 0. The van der Waals surface area contributed by atoms with Crippen molar-refractivity contribution in [3.05, 3.63) is 94.3 Å². The van der Waals surface area contributed by atoms with E-state index in [0.717, 1.165) is 18.8 Å². The van der Waals surface area contributed by atoms with Crippen molar-refractivity contribution in [2.75, 3.05) is 18.4 Å². The average molecular weight is 431 g/mol. The number of nitrogens with zero attached hydrogens (tertiary/aromatic N) is 3. The molecule has 1 fully saturated rings. The highest BCUT2D eigenvalue weighted by atomic mass is 35.5. The number of Topliss-reactive ketones (excluding diaryl/α,β-unsaturated/α-hetero) is 1. The van der Waals surface area contributed by atoms with Crippen molar-refractivity contribution >= 4 is 23.1 Å². The molecule has 0 spiro atoms. The summed E-state index contributed by atoms with van der Waals surface area (Å²) in [4.78, 5) is 20.0. The van der Waals surface area contributed by atoms with Gasteiger partial charge in [-0.05, 0) is 54.8 Å². The SMILES string of the molecule is Cc1ccccc1CN1CC[C@@](Nc2ccc(C#N)c(Cl)c2)(C(=O)c2ccncc2)C1. The Kier molecular flexibility index (Phi) is 6.03. The van der Waals surface area contributed by atoms with Gasteiger partial charge in [0.25, 0.3) is 0 Å². The Morgan fingerprint density at radius 2 is 2.00 bits per heavy atom. The summed E-state index contributed by atoms with van der Waals surface area (Å²) in [5.74, 6) is 0.0302. The third kappa shape index (κ3) is 4.46. The van der Waals surface area contributed by atoms with Crippen molar-refractivity contribution in [2.45, 2.75) is 25.4 Å². The number of aromatic nitrogens is 1. The lowest BCUT2D eigenvalue weighted by molar-refractivity contribution is 0.0907. The van der Waals surface area contributed by atoms with Gasteiger partial charge in [-0.15, -0.1) is 0 Å². The smallest absolute Gasteiger partial charge is 0.189 e. The van der Waals surface area contributed by atoms with Gasteiger partial charge in [0.1, 0.15) is 11.6 Å². The van der Waals surface area contributed by atoms with Gasteiger partial charge < -0.3 is 5.32 Å². The molecule has 4 rings (SSSR count). The van der Waals surface area contributed by atoms with Crippen LogP contribution in [-0.4, -0.2) is 34.3 Å². The minimum Gasteiger partial charge on any atom is -0.371 e. The number of pyridine rings is 1. The fraction of sp³-hybridized carbons (Fsp3) is 0.240. The molecule has 0 saturated carbocycles. The molecule has 0 radical (unpaired) electrons. The van der Waals surface area contributed by atoms with Gasteiger partial charge in [0.05, 0.1) is 10.6 Å². The average Bonchev–Trinajstić information content (AvgIpc) is 3.19. The molecule has 0 unspecified atom stereocenters. The van der Waals surface area contributed by atoms with E-state index in [4.69, 9.17) is 16.9 Å². The van der Waals surface area contributed by atoms with Crippen LogP contribution in [-0.2, 0) is 6.54 Å². The third-order valence-corrected chi connectivity index (χ3v) is 6.17. The number of likely N-dealkylation sites (tertiary alicyclic amines) is 1. The van der Waals surface area contributed by atoms with E-state index in [1.807, 2.05) is 12.1 Å². The molecule has 2 aromatic carbocycles. The largest absolute Gasteiger partial charge is 0.371 e. The normalized spacial score (nSPS) is 18.5. The minimum atomic E-state index is -0.790. The minimum absolute atomic E-state index is 0.0302. The van der Waals surface area contributed by atoms with E-state index >= 15 is 0 Å². The number of rotatable bonds is 6. The maximum atomic E-state index is 13.6. The molecule has 1 atom stereocenters. The second-order valence-corrected chi connectivity index (χ2v) is 8.37. The van der Waals surface area contributed by atoms with Gasteiger partial charge in [-0.2, -0.15) is 5.26 Å². The Hall–Kier alpha value is -3.20. The van der Waals surface area contributed by atoms with Crippen LogP contribution >= 0.6 is 11.6 Å². The first-order chi connectivity index (χ1) is 15.0. The number of aryl methyl sites for hydroxylation is 1. The number of ketones is 1. The van der Waals surface area contributed by atoms with Crippen molar-refractivity contribution in [2.24, 2.45) is 0 Å². The molecule has 1 aliphatic rings. The maximum absolute atomic E-state index is 13.6. The Labute approximate surface area is 187 Å². The van der Waals surface area contributed by atoms with E-state index in [2.05, 4.69) is 40.3 Å². The number of hydrogen-bond acceptors (Lipinski definition) is 5. The van der Waals surface area contributed by atoms with Crippen molar-refractivity contribution in [1.82, 2.24) is 9.88 Å². The Morgan fingerprint density at radius 3 is 2.71 bits per heavy atom. The van der Waals surface area contributed by atoms with Gasteiger partial charge in [0.2, 0.25) is 0 Å². The van der Waals surface area contributed by atoms with E-state index in [9.17, 15) is 4.79 Å². The van der Waals surface area contributed by atoms with Crippen LogP contribution in [0.4, 0.5) is 5.69 Å². The van der Waals surface area contributed by atoms with Crippen molar-refractivity contribution < 1.29 is 4.79 Å². The highest BCUT2D eigenvalue weighted by Crippen LogP contribution is 2.32. The summed E-state index contributed by atoms with van der Waals surface area (Å²) in [6, 6.07) is 19.1. The van der Waals surface area contributed by atoms with Crippen molar-refractivity contribution in [1.29, 1.82) is 5.26 Å². The summed E-state index contributed by atoms with van der Waals surface area (Å²) in [7, 11) is 0. The number of hydrogen-bond donors (Lipinski definition) is 1. The lowest BCUT2D eigenvalue weighted by atomic mass is 9.88. The van der Waals surface area contributed by atoms with Gasteiger partial charge in [-0.1, -0.05) is 35.9 Å². The monoisotopic (exact) mass is 430 g/mol. The zero-order chi connectivity index (χ0) is 21.8. The molecule has 31 heavy (non-hydrogen) atoms. The topological polar surface area (TPSA) is 69.0 Å². The quantitative estimate of drug-likeness (QED) is 0.566. The fourth-order valence-electron chi connectivity index (χ4n) is 4.14. The zero-order valence-electron chi connectivity index (χ0n) is 17.3. The number of halogens is 1. The molecule has 0 amide bonds. The number of nitriles is 1. The number of anilines is 1. The number of carbonyl (C=O) groups excluding carboxylic acids is 1. The van der Waals surface area contributed by atoms with Crippen LogP contribution in [0.1, 0.15) is 33.5 Å². The van der Waals surface area contributed by atoms with Gasteiger partial charge in [0, 0.05) is 43.3 Å². The van der Waals surface area contributed by atoms with Gasteiger partial charge in [0.15, 0.2) is 5.78 Å². The molecule has 1 saturated heterocycles. The summed E-state index contributed by atoms with van der Waals surface area (Å²) in [6.07, 6.45) is 3.94. The molecule has 3 aromatic rings. The molecule has 1 aromatic heterocycles. The molecule has 1 aliphatic heterocycles. The lowest BCUT2D eigenvalue weighted by Gasteiger charge is -2.31. The molecule has 5 nitrogen and oxygen atoms in total. The predicted octanol–water partition coefficient (Wildman–Crippen LogP) is 4.85. The molecule has 0 aliphatic carbocycles. The van der Waals surface area contributed by atoms with Crippen LogP contribution in [0.25, 0.3) is 0 Å². The van der Waals surface area contributed by atoms with Crippen molar-refractivity contribution in [3.8, 4) is 6.07 Å². The maximum Gasteiger partial charge on any atom is 0.189 e. The summed E-state index contributed by atoms with van der Waals surface area (Å²) in [6.45, 7) is 4.26. The Morgan fingerprint density at radius 1 is 1.23 bits per heavy atom. The molecule has 1 N–H and O–H groups in total. The summed E-state index contributed by atoms with van der Waals surface area (Å²) in [5.41, 5.74) is 3.48. The first kappa shape index (κ1) is 21.0. The third-order valence-electron chi connectivity index (χ3n) is 5.85. The van der Waals surface area contributed by atoms with Crippen LogP contribution in [0.3, 0.4) is 0 Å². The predicted molar refractivity (Wildman–Crippen MR) is 122 cm³/mol. The van der Waals surface area contributed by atoms with E-state index in [0.29, 0.717) is 29.1 Å². The van der Waals surface area contributed by atoms with Crippen molar-refractivity contribution in [3.63, 3.8) is 0 Å². The van der Waals surface area contributed by atoms with Crippen LogP contribution in [0.5, 0.6) is 0 Å². The van der Waals surface area contributed by atoms with E-state index in [1.54, 1.807) is 42.7 Å². The lowest BCUT2D eigenvalue weighted by Crippen LogP contribution is -2.48. The standard InChI is InChI=1S/C25H23ClN4O/c1-18-4-2-3-5-21(18)16-30-13-10-25(17-30,24(31)19-8-11-28-12-9-19)29-22-7-6-20(15-27)23(26)14-22/h2-9,11-12,14,29H,10,13,16-17H2,1H3/t25-/m0/s1. The molecule has 0 bridgehead atoms. The second kappa shape index (κ2) is 8.89. The summed E-state index contributed by atoms with van der Waals surface area (Å²) >= 11 is 6.24. The zero-order valence-corrected chi connectivity index (χ0v) is 18.1. The number of nitrogens with one attached hydrogen (secondary N) is 1. The van der Waals surface area contributed by atoms with Gasteiger partial charge in [-0.3, -0.25) is 14.7 Å².